The number of amides is 1. The lowest BCUT2D eigenvalue weighted by molar-refractivity contribution is -0.123. The summed E-state index contributed by atoms with van der Waals surface area (Å²) in [4.78, 5) is 17.6. The zero-order chi connectivity index (χ0) is 15.7. The maximum atomic E-state index is 12.3. The van der Waals surface area contributed by atoms with Gasteiger partial charge < -0.3 is 14.8 Å². The van der Waals surface area contributed by atoms with Gasteiger partial charge in [-0.1, -0.05) is 6.07 Å². The number of thiophene rings is 1. The molecule has 1 unspecified atom stereocenters. The summed E-state index contributed by atoms with van der Waals surface area (Å²) in [5.41, 5.74) is 0.127. The molecule has 2 aromatic rings. The highest BCUT2D eigenvalue weighted by molar-refractivity contribution is 7.13. The smallest absolute Gasteiger partial charge is 0.236 e. The van der Waals surface area contributed by atoms with Gasteiger partial charge in [0.05, 0.1) is 29.1 Å². The van der Waals surface area contributed by atoms with Crippen molar-refractivity contribution in [1.82, 2.24) is 10.3 Å². The molecule has 1 fully saturated rings. The number of aliphatic hydroxyl groups excluding tert-OH is 1. The van der Waals surface area contributed by atoms with Crippen LogP contribution in [0, 0.1) is 12.8 Å². The number of rotatable bonds is 6. The third-order valence-corrected chi connectivity index (χ3v) is 5.04. The summed E-state index contributed by atoms with van der Waals surface area (Å²) >= 11 is 1.55. The summed E-state index contributed by atoms with van der Waals surface area (Å²) < 4.78 is 5.65. The molecule has 22 heavy (non-hydrogen) atoms. The Hall–Kier alpha value is -1.66. The molecule has 2 heterocycles. The van der Waals surface area contributed by atoms with Crippen LogP contribution in [0.2, 0.25) is 0 Å². The van der Waals surface area contributed by atoms with Crippen LogP contribution in [0.15, 0.2) is 21.9 Å². The molecule has 2 N–H and O–H groups in total. The van der Waals surface area contributed by atoms with E-state index in [2.05, 4.69) is 10.3 Å². The molecular formula is C16H20N2O3S. The summed E-state index contributed by atoms with van der Waals surface area (Å²) in [6.07, 6.45) is 2.29. The molecule has 0 radical (unpaired) electrons. The Kier molecular flexibility index (Phi) is 4.06. The molecule has 6 heteroatoms. The third-order valence-electron chi connectivity index (χ3n) is 4.18. The number of aliphatic hydroxyl groups is 1. The SMILES string of the molecule is Cc1oc(-c2cccs2)nc1CC(=O)NC(C)(CO)C1CC1. The van der Waals surface area contributed by atoms with Crippen molar-refractivity contribution in [2.75, 3.05) is 6.61 Å². The largest absolute Gasteiger partial charge is 0.440 e. The van der Waals surface area contributed by atoms with Gasteiger partial charge in [-0.15, -0.1) is 11.3 Å². The number of carbonyl (C=O) groups excluding carboxylic acids is 1. The first-order chi connectivity index (χ1) is 10.5. The number of hydrogen-bond acceptors (Lipinski definition) is 5. The van der Waals surface area contributed by atoms with Crippen LogP contribution in [0.5, 0.6) is 0 Å². The van der Waals surface area contributed by atoms with E-state index in [9.17, 15) is 9.90 Å². The van der Waals surface area contributed by atoms with E-state index in [0.29, 0.717) is 23.3 Å². The summed E-state index contributed by atoms with van der Waals surface area (Å²) in [6, 6.07) is 3.88. The van der Waals surface area contributed by atoms with E-state index in [1.807, 2.05) is 31.4 Å². The number of oxazole rings is 1. The maximum Gasteiger partial charge on any atom is 0.236 e. The molecule has 5 nitrogen and oxygen atoms in total. The first kappa shape index (κ1) is 15.2. The Morgan fingerprint density at radius 1 is 1.59 bits per heavy atom. The van der Waals surface area contributed by atoms with Gasteiger partial charge in [0.2, 0.25) is 11.8 Å². The molecule has 2 aromatic heterocycles. The van der Waals surface area contributed by atoms with Gasteiger partial charge in [0.1, 0.15) is 5.76 Å². The van der Waals surface area contributed by atoms with Crippen LogP contribution in [0.1, 0.15) is 31.2 Å². The highest BCUT2D eigenvalue weighted by Crippen LogP contribution is 2.39. The van der Waals surface area contributed by atoms with Gasteiger partial charge in [-0.05, 0) is 44.1 Å². The van der Waals surface area contributed by atoms with Crippen molar-refractivity contribution in [2.45, 2.75) is 38.6 Å². The highest BCUT2D eigenvalue weighted by Gasteiger charge is 2.42. The summed E-state index contributed by atoms with van der Waals surface area (Å²) in [7, 11) is 0. The topological polar surface area (TPSA) is 75.4 Å². The van der Waals surface area contributed by atoms with Crippen molar-refractivity contribution < 1.29 is 14.3 Å². The van der Waals surface area contributed by atoms with E-state index in [1.54, 1.807) is 11.3 Å². The van der Waals surface area contributed by atoms with Gasteiger partial charge in [0.15, 0.2) is 0 Å². The summed E-state index contributed by atoms with van der Waals surface area (Å²) in [5.74, 6) is 1.47. The van der Waals surface area contributed by atoms with E-state index >= 15 is 0 Å². The minimum Gasteiger partial charge on any atom is -0.440 e. The van der Waals surface area contributed by atoms with Crippen LogP contribution in [0.3, 0.4) is 0 Å². The Balaban J connectivity index is 1.69. The molecule has 1 aliphatic rings. The van der Waals surface area contributed by atoms with Gasteiger partial charge in [0, 0.05) is 0 Å². The lowest BCUT2D eigenvalue weighted by Gasteiger charge is -2.28. The fourth-order valence-corrected chi connectivity index (χ4v) is 3.25. The number of aryl methyl sites for hydroxylation is 1. The average Bonchev–Trinajstić information content (AvgIpc) is 3.10. The van der Waals surface area contributed by atoms with Gasteiger partial charge in [-0.2, -0.15) is 0 Å². The Morgan fingerprint density at radius 2 is 2.36 bits per heavy atom. The van der Waals surface area contributed by atoms with Gasteiger partial charge >= 0.3 is 0 Å². The highest BCUT2D eigenvalue weighted by atomic mass is 32.1. The molecule has 118 valence electrons. The summed E-state index contributed by atoms with van der Waals surface area (Å²) in [5, 5.41) is 14.5. The monoisotopic (exact) mass is 320 g/mol. The zero-order valence-corrected chi connectivity index (χ0v) is 13.6. The minimum absolute atomic E-state index is 0.0400. The quantitative estimate of drug-likeness (QED) is 0.857. The lowest BCUT2D eigenvalue weighted by atomic mass is 9.96. The van der Waals surface area contributed by atoms with Crippen LogP contribution in [-0.4, -0.2) is 28.1 Å². The van der Waals surface area contributed by atoms with E-state index in [0.717, 1.165) is 17.7 Å². The standard InChI is InChI=1S/C16H20N2O3S/c1-10-12(17-15(21-10)13-4-3-7-22-13)8-14(20)18-16(2,9-19)11-5-6-11/h3-4,7,11,19H,5-6,8-9H2,1-2H3,(H,18,20). The first-order valence-electron chi connectivity index (χ1n) is 7.44. The van der Waals surface area contributed by atoms with Gasteiger partial charge in [-0.25, -0.2) is 4.98 Å². The predicted octanol–water partition coefficient (Wildman–Crippen LogP) is 2.53. The molecule has 0 aliphatic heterocycles. The van der Waals surface area contributed by atoms with E-state index in [4.69, 9.17) is 4.42 Å². The van der Waals surface area contributed by atoms with Crippen molar-refractivity contribution in [1.29, 1.82) is 0 Å². The van der Waals surface area contributed by atoms with Crippen molar-refractivity contribution in [3.05, 3.63) is 29.0 Å². The fraction of sp³-hybridized carbons (Fsp3) is 0.500. The normalized spacial score (nSPS) is 17.2. The fourth-order valence-electron chi connectivity index (χ4n) is 2.60. The molecule has 1 amide bonds. The number of carbonyl (C=O) groups is 1. The average molecular weight is 320 g/mol. The van der Waals surface area contributed by atoms with Crippen LogP contribution in [-0.2, 0) is 11.2 Å². The zero-order valence-electron chi connectivity index (χ0n) is 12.8. The second kappa shape index (κ2) is 5.85. The molecule has 0 aromatic carbocycles. The molecule has 1 saturated carbocycles. The van der Waals surface area contributed by atoms with Crippen LogP contribution in [0.25, 0.3) is 10.8 Å². The molecular weight excluding hydrogens is 300 g/mol. The molecule has 0 bridgehead atoms. The Labute approximate surface area is 133 Å². The predicted molar refractivity (Wildman–Crippen MR) is 84.6 cm³/mol. The molecule has 1 atom stereocenters. The second-order valence-electron chi connectivity index (χ2n) is 6.07. The number of aromatic nitrogens is 1. The van der Waals surface area contributed by atoms with Crippen LogP contribution < -0.4 is 5.32 Å². The first-order valence-corrected chi connectivity index (χ1v) is 8.32. The Morgan fingerprint density at radius 3 is 2.95 bits per heavy atom. The molecule has 3 rings (SSSR count). The Bertz CT molecular complexity index is 661. The van der Waals surface area contributed by atoms with E-state index < -0.39 is 5.54 Å². The third kappa shape index (κ3) is 3.08. The van der Waals surface area contributed by atoms with Crippen molar-refractivity contribution in [3.8, 4) is 10.8 Å². The van der Waals surface area contributed by atoms with E-state index in [1.165, 1.54) is 0 Å². The lowest BCUT2D eigenvalue weighted by Crippen LogP contribution is -2.51. The number of hydrogen-bond donors (Lipinski definition) is 2. The summed E-state index contributed by atoms with van der Waals surface area (Å²) in [6.45, 7) is 3.68. The van der Waals surface area contributed by atoms with Crippen molar-refractivity contribution in [3.63, 3.8) is 0 Å². The van der Waals surface area contributed by atoms with Gasteiger partial charge in [0.25, 0.3) is 0 Å². The van der Waals surface area contributed by atoms with Crippen LogP contribution in [0.4, 0.5) is 0 Å². The van der Waals surface area contributed by atoms with Crippen molar-refractivity contribution >= 4 is 17.2 Å². The van der Waals surface area contributed by atoms with Crippen molar-refractivity contribution in [2.24, 2.45) is 5.92 Å². The molecule has 1 aliphatic carbocycles. The molecule has 0 saturated heterocycles. The minimum atomic E-state index is -0.523. The van der Waals surface area contributed by atoms with Gasteiger partial charge in [-0.3, -0.25) is 4.79 Å². The maximum absolute atomic E-state index is 12.3. The second-order valence-corrected chi connectivity index (χ2v) is 7.02. The van der Waals surface area contributed by atoms with Crippen LogP contribution >= 0.6 is 11.3 Å². The molecule has 0 spiro atoms. The van der Waals surface area contributed by atoms with E-state index in [-0.39, 0.29) is 18.9 Å². The number of nitrogens with zero attached hydrogens (tertiary/aromatic N) is 1. The number of nitrogens with one attached hydrogen (secondary N) is 1.